The van der Waals surface area contributed by atoms with Crippen molar-refractivity contribution in [1.29, 1.82) is 0 Å². The highest BCUT2D eigenvalue weighted by atomic mass is 16.1. The second-order valence-electron chi connectivity index (χ2n) is 7.58. The van der Waals surface area contributed by atoms with E-state index in [1.165, 1.54) is 16.3 Å². The van der Waals surface area contributed by atoms with Crippen LogP contribution < -0.4 is 11.1 Å². The summed E-state index contributed by atoms with van der Waals surface area (Å²) in [5, 5.41) is 5.78. The van der Waals surface area contributed by atoms with E-state index in [0.29, 0.717) is 5.92 Å². The number of carbonyl (C=O) groups excluding carboxylic acids is 1. The van der Waals surface area contributed by atoms with Gasteiger partial charge < -0.3 is 11.1 Å². The zero-order chi connectivity index (χ0) is 17.6. The van der Waals surface area contributed by atoms with Crippen molar-refractivity contribution in [3.63, 3.8) is 0 Å². The van der Waals surface area contributed by atoms with Crippen molar-refractivity contribution >= 4 is 16.7 Å². The van der Waals surface area contributed by atoms with Crippen LogP contribution in [-0.2, 0) is 11.2 Å². The maximum absolute atomic E-state index is 12.4. The summed E-state index contributed by atoms with van der Waals surface area (Å²) < 4.78 is 0. The highest BCUT2D eigenvalue weighted by Gasteiger charge is 2.26. The number of rotatable bonds is 6. The van der Waals surface area contributed by atoms with E-state index in [-0.39, 0.29) is 17.9 Å². The molecule has 134 valence electrons. The van der Waals surface area contributed by atoms with E-state index in [4.69, 9.17) is 5.73 Å². The van der Waals surface area contributed by atoms with Crippen LogP contribution in [0.3, 0.4) is 0 Å². The first-order chi connectivity index (χ1) is 12.2. The molecule has 3 heteroatoms. The molecular formula is C22H30N2O. The third-order valence-electron chi connectivity index (χ3n) is 5.62. The van der Waals surface area contributed by atoms with Crippen molar-refractivity contribution in [2.75, 3.05) is 6.54 Å². The molecule has 2 aromatic carbocycles. The second kappa shape index (κ2) is 8.48. The van der Waals surface area contributed by atoms with Gasteiger partial charge in [-0.15, -0.1) is 0 Å². The monoisotopic (exact) mass is 338 g/mol. The quantitative estimate of drug-likeness (QED) is 0.835. The van der Waals surface area contributed by atoms with Crippen molar-refractivity contribution < 1.29 is 4.79 Å². The van der Waals surface area contributed by atoms with Crippen LogP contribution in [0.25, 0.3) is 10.8 Å². The smallest absolute Gasteiger partial charge is 0.223 e. The average molecular weight is 338 g/mol. The minimum Gasteiger partial charge on any atom is -0.353 e. The van der Waals surface area contributed by atoms with Crippen molar-refractivity contribution in [1.82, 2.24) is 5.32 Å². The first kappa shape index (κ1) is 17.9. The molecule has 0 radical (unpaired) electrons. The van der Waals surface area contributed by atoms with Crippen molar-refractivity contribution in [2.24, 2.45) is 17.6 Å². The number of nitrogens with two attached hydrogens (primary N) is 1. The molecule has 1 saturated carbocycles. The van der Waals surface area contributed by atoms with E-state index < -0.39 is 0 Å². The number of nitrogens with one attached hydrogen (secondary N) is 1. The van der Waals surface area contributed by atoms with Gasteiger partial charge in [-0.25, -0.2) is 0 Å². The van der Waals surface area contributed by atoms with Crippen LogP contribution in [0.2, 0.25) is 0 Å². The molecule has 1 amide bonds. The van der Waals surface area contributed by atoms with E-state index in [0.717, 1.165) is 45.1 Å². The fourth-order valence-electron chi connectivity index (χ4n) is 3.87. The Balaban J connectivity index is 1.47. The summed E-state index contributed by atoms with van der Waals surface area (Å²) >= 11 is 0. The fourth-order valence-corrected chi connectivity index (χ4v) is 3.87. The maximum atomic E-state index is 12.4. The summed E-state index contributed by atoms with van der Waals surface area (Å²) in [7, 11) is 0. The summed E-state index contributed by atoms with van der Waals surface area (Å²) in [5.41, 5.74) is 7.07. The zero-order valence-corrected chi connectivity index (χ0v) is 15.2. The summed E-state index contributed by atoms with van der Waals surface area (Å²) in [6, 6.07) is 15.3. The Morgan fingerprint density at radius 1 is 1.12 bits per heavy atom. The molecule has 3 rings (SSSR count). The van der Waals surface area contributed by atoms with E-state index in [1.54, 1.807) is 0 Å². The highest BCUT2D eigenvalue weighted by molar-refractivity contribution is 5.83. The van der Waals surface area contributed by atoms with Crippen LogP contribution in [0, 0.1) is 11.8 Å². The molecule has 0 aliphatic heterocycles. The Hall–Kier alpha value is -1.87. The van der Waals surface area contributed by atoms with Gasteiger partial charge in [0, 0.05) is 12.0 Å². The molecule has 1 atom stereocenters. The Labute approximate surface area is 151 Å². The Bertz CT molecular complexity index is 704. The van der Waals surface area contributed by atoms with Crippen LogP contribution in [0.1, 0.15) is 44.6 Å². The van der Waals surface area contributed by atoms with Gasteiger partial charge in [0.05, 0.1) is 0 Å². The third-order valence-corrected chi connectivity index (χ3v) is 5.62. The zero-order valence-electron chi connectivity index (χ0n) is 15.2. The van der Waals surface area contributed by atoms with E-state index in [2.05, 4.69) is 54.7 Å². The minimum absolute atomic E-state index is 0.186. The van der Waals surface area contributed by atoms with Crippen LogP contribution in [0.5, 0.6) is 0 Å². The second-order valence-corrected chi connectivity index (χ2v) is 7.58. The van der Waals surface area contributed by atoms with Gasteiger partial charge in [-0.1, -0.05) is 42.5 Å². The number of hydrogen-bond donors (Lipinski definition) is 2. The summed E-state index contributed by atoms with van der Waals surface area (Å²) in [6.07, 6.45) is 6.14. The summed E-state index contributed by atoms with van der Waals surface area (Å²) in [4.78, 5) is 12.4. The number of amides is 1. The lowest BCUT2D eigenvalue weighted by Crippen LogP contribution is -2.39. The predicted octanol–water partition coefficient (Wildman–Crippen LogP) is 4.04. The van der Waals surface area contributed by atoms with Gasteiger partial charge in [-0.3, -0.25) is 4.79 Å². The lowest BCUT2D eigenvalue weighted by molar-refractivity contribution is -0.126. The maximum Gasteiger partial charge on any atom is 0.223 e. The predicted molar refractivity (Wildman–Crippen MR) is 104 cm³/mol. The lowest BCUT2D eigenvalue weighted by Gasteiger charge is -2.28. The molecule has 0 spiro atoms. The van der Waals surface area contributed by atoms with Crippen molar-refractivity contribution in [3.8, 4) is 0 Å². The molecule has 1 fully saturated rings. The van der Waals surface area contributed by atoms with Gasteiger partial charge in [-0.2, -0.15) is 0 Å². The van der Waals surface area contributed by atoms with Gasteiger partial charge in [0.25, 0.3) is 0 Å². The van der Waals surface area contributed by atoms with Crippen molar-refractivity contribution in [3.05, 3.63) is 48.0 Å². The standard InChI is InChI=1S/C22H30N2O/c1-16(24-22(25)20-12-9-18(15-23)10-13-20)6-7-17-8-11-19-4-2-3-5-21(19)14-17/h2-5,8,11,14,16,18,20H,6-7,9-10,12-13,15,23H2,1H3,(H,24,25). The van der Waals surface area contributed by atoms with Crippen molar-refractivity contribution in [2.45, 2.75) is 51.5 Å². The molecule has 3 N–H and O–H groups in total. The molecule has 2 aromatic rings. The van der Waals surface area contributed by atoms with Gasteiger partial charge in [0.15, 0.2) is 0 Å². The first-order valence-electron chi connectivity index (χ1n) is 9.64. The molecule has 25 heavy (non-hydrogen) atoms. The molecule has 3 nitrogen and oxygen atoms in total. The summed E-state index contributed by atoms with van der Waals surface area (Å²) in [5.74, 6) is 1.04. The molecule has 1 unspecified atom stereocenters. The number of fused-ring (bicyclic) bond motifs is 1. The SMILES string of the molecule is CC(CCc1ccc2ccccc2c1)NC(=O)C1CCC(CN)CC1. The van der Waals surface area contributed by atoms with Crippen LogP contribution >= 0.6 is 0 Å². The van der Waals surface area contributed by atoms with E-state index >= 15 is 0 Å². The number of aryl methyl sites for hydroxylation is 1. The van der Waals surface area contributed by atoms with Gasteiger partial charge in [0.2, 0.25) is 5.91 Å². The van der Waals surface area contributed by atoms with Crippen LogP contribution in [0.4, 0.5) is 0 Å². The third kappa shape index (κ3) is 4.82. The van der Waals surface area contributed by atoms with E-state index in [1.807, 2.05) is 0 Å². The number of carbonyl (C=O) groups is 1. The lowest BCUT2D eigenvalue weighted by atomic mass is 9.81. The van der Waals surface area contributed by atoms with Crippen LogP contribution in [-0.4, -0.2) is 18.5 Å². The normalized spacial score (nSPS) is 21.8. The highest BCUT2D eigenvalue weighted by Crippen LogP contribution is 2.28. The van der Waals surface area contributed by atoms with Crippen LogP contribution in [0.15, 0.2) is 42.5 Å². The van der Waals surface area contributed by atoms with Gasteiger partial charge >= 0.3 is 0 Å². The van der Waals surface area contributed by atoms with Gasteiger partial charge in [0.1, 0.15) is 0 Å². The van der Waals surface area contributed by atoms with E-state index in [9.17, 15) is 4.79 Å². The minimum atomic E-state index is 0.186. The molecule has 0 saturated heterocycles. The Morgan fingerprint density at radius 2 is 1.84 bits per heavy atom. The Kier molecular flexibility index (Phi) is 6.09. The largest absolute Gasteiger partial charge is 0.353 e. The van der Waals surface area contributed by atoms with Gasteiger partial charge in [-0.05, 0) is 74.2 Å². The first-order valence-corrected chi connectivity index (χ1v) is 9.64. The Morgan fingerprint density at radius 3 is 2.56 bits per heavy atom. The number of hydrogen-bond acceptors (Lipinski definition) is 2. The molecule has 1 aliphatic rings. The summed E-state index contributed by atoms with van der Waals surface area (Å²) in [6.45, 7) is 2.88. The molecule has 0 bridgehead atoms. The molecule has 0 aromatic heterocycles. The molecule has 0 heterocycles. The average Bonchev–Trinajstić information content (AvgIpc) is 2.66. The number of benzene rings is 2. The fraction of sp³-hybridized carbons (Fsp3) is 0.500. The molecular weight excluding hydrogens is 308 g/mol. The topological polar surface area (TPSA) is 55.1 Å². The molecule has 1 aliphatic carbocycles.